The molecule has 1 fully saturated rings. The van der Waals surface area contributed by atoms with Gasteiger partial charge in [-0.1, -0.05) is 34.6 Å². The van der Waals surface area contributed by atoms with Crippen molar-refractivity contribution in [1.82, 2.24) is 25.6 Å². The molecular weight excluding hydrogens is 676 g/mol. The van der Waals surface area contributed by atoms with Crippen molar-refractivity contribution in [3.8, 4) is 22.8 Å². The number of fused-ring (bicyclic) bond motifs is 1. The number of nitrogens with one attached hydrogen (secondary N) is 1. The number of ether oxygens (including phenoxy) is 2. The zero-order chi connectivity index (χ0) is 35.1. The molecule has 2 aliphatic heterocycles. The highest BCUT2D eigenvalue weighted by atomic mass is 32.2. The molecule has 4 heterocycles. The Morgan fingerprint density at radius 3 is 2.49 bits per heavy atom. The number of anilines is 1. The van der Waals surface area contributed by atoms with E-state index in [1.54, 1.807) is 32.9 Å². The molecule has 18 heteroatoms. The Morgan fingerprint density at radius 1 is 1.12 bits per heavy atom. The summed E-state index contributed by atoms with van der Waals surface area (Å²) in [6.07, 6.45) is -4.54. The molecule has 260 valence electrons. The van der Waals surface area contributed by atoms with Gasteiger partial charge in [0, 0.05) is 22.8 Å². The first kappa shape index (κ1) is 34.3. The average molecular weight is 707 g/mol. The van der Waals surface area contributed by atoms with E-state index in [0.717, 1.165) is 11.8 Å². The Hall–Kier alpha value is -4.55. The van der Waals surface area contributed by atoms with Gasteiger partial charge in [0.05, 0.1) is 24.4 Å². The highest BCUT2D eigenvalue weighted by Crippen LogP contribution is 2.41. The molecule has 13 nitrogen and oxygen atoms in total. The third kappa shape index (κ3) is 7.25. The number of alkyl carbamates (subject to hydrolysis) is 1. The monoisotopic (exact) mass is 706 g/mol. The Kier molecular flexibility index (Phi) is 9.14. The first-order valence-electron chi connectivity index (χ1n) is 15.0. The third-order valence-electron chi connectivity index (χ3n) is 7.64. The lowest BCUT2D eigenvalue weighted by atomic mass is 10.0. The number of carbonyl (C=O) groups is 2. The van der Waals surface area contributed by atoms with E-state index in [0.29, 0.717) is 29.9 Å². The normalized spacial score (nSPS) is 19.9. The maximum Gasteiger partial charge on any atom is 0.471 e. The summed E-state index contributed by atoms with van der Waals surface area (Å²) in [4.78, 5) is 36.3. The number of amides is 2. The Labute approximate surface area is 280 Å². The lowest BCUT2D eigenvalue weighted by molar-refractivity contribution is -0.159. The number of nitrogens with zero attached hydrogens (tertiary/aromatic N) is 5. The minimum atomic E-state index is -4.81. The van der Waals surface area contributed by atoms with Crippen molar-refractivity contribution < 1.29 is 50.8 Å². The molecule has 2 amide bonds. The summed E-state index contributed by atoms with van der Waals surface area (Å²) in [7, 11) is 0. The zero-order valence-electron chi connectivity index (χ0n) is 26.3. The summed E-state index contributed by atoms with van der Waals surface area (Å²) in [5, 5.41) is 19.9. The Morgan fingerprint density at radius 2 is 1.86 bits per heavy atom. The van der Waals surface area contributed by atoms with Gasteiger partial charge in [0.25, 0.3) is 11.8 Å². The van der Waals surface area contributed by atoms with Crippen molar-refractivity contribution in [2.75, 3.05) is 23.9 Å². The fourth-order valence-corrected chi connectivity index (χ4v) is 6.36. The second-order valence-electron chi connectivity index (χ2n) is 12.4. The van der Waals surface area contributed by atoms with Crippen LogP contribution < -0.4 is 10.2 Å². The molecule has 0 radical (unpaired) electrons. The van der Waals surface area contributed by atoms with Gasteiger partial charge >= 0.3 is 18.2 Å². The van der Waals surface area contributed by atoms with Crippen LogP contribution in [0, 0.1) is 5.82 Å². The number of aliphatic hydroxyl groups is 1. The molecular formula is C31H30F4N6O7S. The molecule has 2 N–H and O–H groups in total. The molecule has 4 aromatic rings. The molecule has 0 aliphatic carbocycles. The summed E-state index contributed by atoms with van der Waals surface area (Å²) >= 11 is 1.14. The Bertz CT molecular complexity index is 1850. The van der Waals surface area contributed by atoms with E-state index < -0.39 is 53.7 Å². The van der Waals surface area contributed by atoms with Gasteiger partial charge in [-0.25, -0.2) is 9.18 Å². The van der Waals surface area contributed by atoms with E-state index in [2.05, 4.69) is 30.1 Å². The molecule has 1 saturated heterocycles. The second-order valence-corrected chi connectivity index (χ2v) is 13.4. The van der Waals surface area contributed by atoms with Crippen molar-refractivity contribution in [3.05, 3.63) is 59.6 Å². The first-order valence-corrected chi connectivity index (χ1v) is 16.0. The first-order chi connectivity index (χ1) is 23.2. The number of hydrogen-bond acceptors (Lipinski definition) is 12. The van der Waals surface area contributed by atoms with Crippen molar-refractivity contribution in [2.45, 2.75) is 68.5 Å². The summed E-state index contributed by atoms with van der Waals surface area (Å²) in [5.74, 6) is -3.12. The number of aromatic nitrogens is 4. The van der Waals surface area contributed by atoms with Gasteiger partial charge in [0.2, 0.25) is 11.6 Å². The van der Waals surface area contributed by atoms with E-state index >= 15 is 4.39 Å². The second kappa shape index (κ2) is 13.1. The smallest absolute Gasteiger partial charge is 0.444 e. The van der Waals surface area contributed by atoms with E-state index in [9.17, 15) is 27.9 Å². The third-order valence-corrected chi connectivity index (χ3v) is 8.77. The summed E-state index contributed by atoms with van der Waals surface area (Å²) in [6.45, 7) is 4.90. The van der Waals surface area contributed by atoms with Crippen LogP contribution in [0.25, 0.3) is 22.8 Å². The van der Waals surface area contributed by atoms with Crippen molar-refractivity contribution in [3.63, 3.8) is 0 Å². The van der Waals surface area contributed by atoms with E-state index in [-0.39, 0.29) is 46.7 Å². The van der Waals surface area contributed by atoms with Crippen molar-refractivity contribution in [2.24, 2.45) is 0 Å². The predicted octanol–water partition coefficient (Wildman–Crippen LogP) is 5.47. The number of benzene rings is 2. The number of thioether (sulfide) groups is 1. The van der Waals surface area contributed by atoms with E-state index in [1.165, 1.54) is 29.2 Å². The minimum absolute atomic E-state index is 0.00942. The largest absolute Gasteiger partial charge is 0.471 e. The van der Waals surface area contributed by atoms with Crippen LogP contribution >= 0.6 is 11.8 Å². The van der Waals surface area contributed by atoms with Crippen LogP contribution in [0.1, 0.15) is 51.0 Å². The van der Waals surface area contributed by atoms with E-state index in [1.807, 2.05) is 0 Å². The molecule has 2 aliphatic rings. The molecule has 2 atom stereocenters. The van der Waals surface area contributed by atoms with Crippen molar-refractivity contribution in [1.29, 1.82) is 0 Å². The van der Waals surface area contributed by atoms with Gasteiger partial charge < -0.3 is 33.8 Å². The quantitative estimate of drug-likeness (QED) is 0.233. The zero-order valence-corrected chi connectivity index (χ0v) is 27.2. The maximum absolute atomic E-state index is 15.7. The molecule has 49 heavy (non-hydrogen) atoms. The summed E-state index contributed by atoms with van der Waals surface area (Å²) in [6, 6.07) is 7.60. The molecule has 0 spiro atoms. The SMILES string of the molecule is CC(C)(C)OC(=O)N[C@H]1CSc2cc(F)c(-c3noc(C4(CO)CCCO4)n3)cc2N(Cc2ccc(-c3noc(C(F)(F)F)n3)cc2)C1=O. The van der Waals surface area contributed by atoms with Gasteiger partial charge in [0.1, 0.15) is 17.5 Å². The lowest BCUT2D eigenvalue weighted by Crippen LogP contribution is -2.50. The topological polar surface area (TPSA) is 166 Å². The van der Waals surface area contributed by atoms with E-state index in [4.69, 9.17) is 14.0 Å². The van der Waals surface area contributed by atoms with Gasteiger partial charge in [-0.2, -0.15) is 23.1 Å². The summed E-state index contributed by atoms with van der Waals surface area (Å²) < 4.78 is 75.4. The summed E-state index contributed by atoms with van der Waals surface area (Å²) in [5.41, 5.74) is -1.10. The fourth-order valence-electron chi connectivity index (χ4n) is 5.28. The number of hydrogen-bond donors (Lipinski definition) is 2. The minimum Gasteiger partial charge on any atom is -0.444 e. The molecule has 6 rings (SSSR count). The van der Waals surface area contributed by atoms with Crippen molar-refractivity contribution >= 4 is 29.4 Å². The van der Waals surface area contributed by atoms with Crippen LogP contribution in [0.3, 0.4) is 0 Å². The van der Waals surface area contributed by atoms with Crippen LogP contribution in [0.2, 0.25) is 0 Å². The molecule has 2 aromatic heterocycles. The van der Waals surface area contributed by atoms with Gasteiger partial charge in [-0.15, -0.1) is 11.8 Å². The van der Waals surface area contributed by atoms with Gasteiger partial charge in [0.15, 0.2) is 5.60 Å². The van der Waals surface area contributed by atoms with Crippen LogP contribution in [0.4, 0.5) is 28.0 Å². The van der Waals surface area contributed by atoms with Crippen LogP contribution in [0.5, 0.6) is 0 Å². The number of rotatable bonds is 7. The number of carbonyl (C=O) groups excluding carboxylic acids is 2. The van der Waals surface area contributed by atoms with Crippen LogP contribution in [-0.2, 0) is 32.6 Å². The van der Waals surface area contributed by atoms with Crippen LogP contribution in [0.15, 0.2) is 50.3 Å². The molecule has 1 unspecified atom stereocenters. The van der Waals surface area contributed by atoms with Gasteiger partial charge in [-0.05, 0) is 51.3 Å². The molecule has 0 saturated carbocycles. The standard InChI is InChI=1S/C31H30F4N6O7S/c1-29(2,3)46-28(44)36-20-14-49-22-12-19(32)18(24-38-26(47-40-24)30(15-42)9-4-10-45-30)11-21(22)41(25(20)43)13-16-5-7-17(8-6-16)23-37-27(48-39-23)31(33,34)35/h5-8,11-12,20,42H,4,9-10,13-15H2,1-3H3,(H,36,44)/t20-,30?/m0/s1. The molecule has 0 bridgehead atoms. The number of alkyl halides is 3. The lowest BCUT2D eigenvalue weighted by Gasteiger charge is -2.27. The number of aliphatic hydroxyl groups excluding tert-OH is 1. The Balaban J connectivity index is 1.34. The number of halogens is 4. The highest BCUT2D eigenvalue weighted by molar-refractivity contribution is 7.99. The van der Waals surface area contributed by atoms with Crippen LogP contribution in [-0.4, -0.2) is 68.0 Å². The maximum atomic E-state index is 15.7. The highest BCUT2D eigenvalue weighted by Gasteiger charge is 2.43. The van der Waals surface area contributed by atoms with Gasteiger partial charge in [-0.3, -0.25) is 4.79 Å². The average Bonchev–Trinajstić information content (AvgIpc) is 3.82. The fraction of sp³-hybridized carbons (Fsp3) is 0.419. The molecule has 2 aromatic carbocycles. The predicted molar refractivity (Wildman–Crippen MR) is 163 cm³/mol.